The molecule has 0 radical (unpaired) electrons. The highest BCUT2D eigenvalue weighted by molar-refractivity contribution is 5.80. The minimum Gasteiger partial charge on any atom is -0.459 e. The first-order valence-electron chi connectivity index (χ1n) is 9.26. The van der Waals surface area contributed by atoms with Crippen molar-refractivity contribution in [2.75, 3.05) is 0 Å². The Bertz CT molecular complexity index is 591. The predicted octanol–water partition coefficient (Wildman–Crippen LogP) is 3.83. The van der Waals surface area contributed by atoms with Gasteiger partial charge in [-0.3, -0.25) is 9.59 Å². The highest BCUT2D eigenvalue weighted by atomic mass is 16.6. The SMILES string of the molecule is C=C(C)C1CC2(C)C(C)CC(=O)CC2C(OC(=O)CC(C)=CC)C1O. The van der Waals surface area contributed by atoms with Crippen LogP contribution in [0.1, 0.15) is 60.3 Å². The second-order valence-corrected chi connectivity index (χ2v) is 8.37. The Balaban J connectivity index is 2.33. The van der Waals surface area contributed by atoms with E-state index in [9.17, 15) is 14.7 Å². The molecule has 2 aliphatic rings. The lowest BCUT2D eigenvalue weighted by Crippen LogP contribution is -2.58. The van der Waals surface area contributed by atoms with Gasteiger partial charge in [0.05, 0.1) is 12.5 Å². The molecule has 6 atom stereocenters. The molecule has 0 heterocycles. The summed E-state index contributed by atoms with van der Waals surface area (Å²) in [7, 11) is 0. The maximum Gasteiger partial charge on any atom is 0.310 e. The number of rotatable bonds is 4. The number of carbonyl (C=O) groups excluding carboxylic acids is 2. The minimum atomic E-state index is -0.802. The van der Waals surface area contributed by atoms with Crippen LogP contribution in [0.4, 0.5) is 0 Å². The van der Waals surface area contributed by atoms with Gasteiger partial charge in [-0.25, -0.2) is 0 Å². The number of fused-ring (bicyclic) bond motifs is 1. The number of ketones is 1. The zero-order valence-electron chi connectivity index (χ0n) is 16.2. The molecule has 140 valence electrons. The van der Waals surface area contributed by atoms with Gasteiger partial charge >= 0.3 is 5.97 Å². The van der Waals surface area contributed by atoms with E-state index in [0.717, 1.165) is 17.6 Å². The van der Waals surface area contributed by atoms with E-state index in [1.807, 2.05) is 26.8 Å². The zero-order chi connectivity index (χ0) is 18.9. The second-order valence-electron chi connectivity index (χ2n) is 8.37. The molecule has 2 saturated carbocycles. The van der Waals surface area contributed by atoms with Crippen molar-refractivity contribution in [2.24, 2.45) is 23.2 Å². The van der Waals surface area contributed by atoms with E-state index in [4.69, 9.17) is 4.74 Å². The van der Waals surface area contributed by atoms with Crippen LogP contribution in [0.25, 0.3) is 0 Å². The Morgan fingerprint density at radius 2 is 2.04 bits per heavy atom. The fourth-order valence-corrected chi connectivity index (χ4v) is 4.55. The second kappa shape index (κ2) is 7.45. The summed E-state index contributed by atoms with van der Waals surface area (Å²) in [5.74, 6) is -0.190. The van der Waals surface area contributed by atoms with Crippen LogP contribution in [0.15, 0.2) is 23.8 Å². The lowest BCUT2D eigenvalue weighted by Gasteiger charge is -2.55. The average molecular weight is 348 g/mol. The van der Waals surface area contributed by atoms with Crippen molar-refractivity contribution >= 4 is 11.8 Å². The van der Waals surface area contributed by atoms with Crippen LogP contribution in [-0.4, -0.2) is 29.1 Å². The first-order valence-corrected chi connectivity index (χ1v) is 9.26. The Morgan fingerprint density at radius 3 is 2.60 bits per heavy atom. The Labute approximate surface area is 151 Å². The maximum absolute atomic E-state index is 12.4. The monoisotopic (exact) mass is 348 g/mol. The van der Waals surface area contributed by atoms with Crippen LogP contribution < -0.4 is 0 Å². The molecule has 6 unspecified atom stereocenters. The summed E-state index contributed by atoms with van der Waals surface area (Å²) in [6.45, 7) is 14.0. The van der Waals surface area contributed by atoms with Gasteiger partial charge in [0.1, 0.15) is 11.9 Å². The zero-order valence-corrected chi connectivity index (χ0v) is 16.2. The normalized spacial score (nSPS) is 38.9. The predicted molar refractivity (Wildman–Crippen MR) is 97.9 cm³/mol. The van der Waals surface area contributed by atoms with Gasteiger partial charge in [0, 0.05) is 24.7 Å². The standard InChI is InChI=1S/C21H32O4/c1-7-13(4)8-18(23)25-20-17-10-15(22)9-14(5)21(17,6)11-16(12(2)3)19(20)24/h7,14,16-17,19-20,24H,2,8-11H2,1,3-6H3. The molecule has 0 saturated heterocycles. The summed E-state index contributed by atoms with van der Waals surface area (Å²) in [6, 6.07) is 0. The van der Waals surface area contributed by atoms with E-state index in [1.54, 1.807) is 0 Å². The largest absolute Gasteiger partial charge is 0.459 e. The summed E-state index contributed by atoms with van der Waals surface area (Å²) < 4.78 is 5.76. The van der Waals surface area contributed by atoms with Crippen molar-refractivity contribution < 1.29 is 19.4 Å². The van der Waals surface area contributed by atoms with Crippen molar-refractivity contribution in [3.05, 3.63) is 23.8 Å². The van der Waals surface area contributed by atoms with Crippen molar-refractivity contribution in [1.82, 2.24) is 0 Å². The van der Waals surface area contributed by atoms with Gasteiger partial charge in [0.25, 0.3) is 0 Å². The number of allylic oxidation sites excluding steroid dienone is 1. The smallest absolute Gasteiger partial charge is 0.310 e. The summed E-state index contributed by atoms with van der Waals surface area (Å²) in [5, 5.41) is 10.9. The van der Waals surface area contributed by atoms with Crippen LogP contribution in [0, 0.1) is 23.2 Å². The Hall–Kier alpha value is -1.42. The van der Waals surface area contributed by atoms with Crippen molar-refractivity contribution in [1.29, 1.82) is 0 Å². The molecule has 0 amide bonds. The summed E-state index contributed by atoms with van der Waals surface area (Å²) in [6.07, 6.45) is 2.36. The van der Waals surface area contributed by atoms with Crippen LogP contribution >= 0.6 is 0 Å². The Morgan fingerprint density at radius 1 is 1.40 bits per heavy atom. The summed E-state index contributed by atoms with van der Waals surface area (Å²) >= 11 is 0. The van der Waals surface area contributed by atoms with E-state index in [0.29, 0.717) is 12.8 Å². The fourth-order valence-electron chi connectivity index (χ4n) is 4.55. The number of hydrogen-bond acceptors (Lipinski definition) is 4. The molecule has 0 bridgehead atoms. The molecule has 25 heavy (non-hydrogen) atoms. The van der Waals surface area contributed by atoms with Gasteiger partial charge < -0.3 is 9.84 Å². The van der Waals surface area contributed by atoms with Crippen molar-refractivity contribution in [3.8, 4) is 0 Å². The number of aliphatic hydroxyl groups excluding tert-OH is 1. The van der Waals surface area contributed by atoms with Crippen LogP contribution in [-0.2, 0) is 14.3 Å². The van der Waals surface area contributed by atoms with Crippen molar-refractivity contribution in [3.63, 3.8) is 0 Å². The third kappa shape index (κ3) is 3.89. The Kier molecular flexibility index (Phi) is 5.93. The van der Waals surface area contributed by atoms with Gasteiger partial charge in [0.2, 0.25) is 0 Å². The fraction of sp³-hybridized carbons (Fsp3) is 0.714. The first kappa shape index (κ1) is 19.9. The van der Waals surface area contributed by atoms with E-state index in [1.165, 1.54) is 0 Å². The van der Waals surface area contributed by atoms with Gasteiger partial charge in [-0.05, 0) is 38.5 Å². The van der Waals surface area contributed by atoms with Gasteiger partial charge in [-0.15, -0.1) is 0 Å². The minimum absolute atomic E-state index is 0.113. The van der Waals surface area contributed by atoms with Crippen molar-refractivity contribution in [2.45, 2.75) is 72.5 Å². The third-order valence-corrected chi connectivity index (χ3v) is 6.58. The number of carbonyl (C=O) groups is 2. The molecule has 0 aliphatic heterocycles. The number of hydrogen-bond donors (Lipinski definition) is 1. The lowest BCUT2D eigenvalue weighted by atomic mass is 9.51. The van der Waals surface area contributed by atoms with Gasteiger partial charge in [-0.2, -0.15) is 0 Å². The molecular formula is C21H32O4. The molecule has 0 spiro atoms. The average Bonchev–Trinajstić information content (AvgIpc) is 2.52. The summed E-state index contributed by atoms with van der Waals surface area (Å²) in [4.78, 5) is 24.6. The molecule has 0 aromatic rings. The first-order chi connectivity index (χ1) is 11.6. The van der Waals surface area contributed by atoms with E-state index >= 15 is 0 Å². The molecule has 0 aromatic carbocycles. The number of aliphatic hydroxyl groups is 1. The third-order valence-electron chi connectivity index (χ3n) is 6.58. The van der Waals surface area contributed by atoms with Crippen LogP contribution in [0.3, 0.4) is 0 Å². The van der Waals surface area contributed by atoms with Gasteiger partial charge in [-0.1, -0.05) is 37.6 Å². The number of Topliss-reactive ketones (excluding diaryl/α,β-unsaturated/α-hetero) is 1. The molecule has 2 aliphatic carbocycles. The van der Waals surface area contributed by atoms with E-state index in [-0.39, 0.29) is 41.3 Å². The van der Waals surface area contributed by atoms with Crippen LogP contribution in [0.2, 0.25) is 0 Å². The van der Waals surface area contributed by atoms with Crippen LogP contribution in [0.5, 0.6) is 0 Å². The number of ether oxygens (including phenoxy) is 1. The molecular weight excluding hydrogens is 316 g/mol. The maximum atomic E-state index is 12.4. The van der Waals surface area contributed by atoms with Gasteiger partial charge in [0.15, 0.2) is 0 Å². The highest BCUT2D eigenvalue weighted by Gasteiger charge is 2.56. The summed E-state index contributed by atoms with van der Waals surface area (Å²) in [5.41, 5.74) is 1.70. The molecule has 2 rings (SSSR count). The number of esters is 1. The lowest BCUT2D eigenvalue weighted by molar-refractivity contribution is -0.189. The molecule has 2 fully saturated rings. The van der Waals surface area contributed by atoms with E-state index < -0.39 is 12.2 Å². The molecule has 4 nitrogen and oxygen atoms in total. The highest BCUT2D eigenvalue weighted by Crippen LogP contribution is 2.55. The topological polar surface area (TPSA) is 63.6 Å². The molecule has 4 heteroatoms. The van der Waals surface area contributed by atoms with E-state index in [2.05, 4.69) is 20.4 Å². The molecule has 0 aromatic heterocycles. The molecule has 1 N–H and O–H groups in total. The quantitative estimate of drug-likeness (QED) is 0.619.